The SMILES string of the molecule is CCN(CCOC)CC(=O)N(C)CCC(N)=S. The molecule has 0 aromatic carbocycles. The molecule has 0 aliphatic heterocycles. The Kier molecular flexibility index (Phi) is 8.93. The number of methoxy groups -OCH3 is 1. The molecule has 0 aromatic rings. The van der Waals surface area contributed by atoms with Crippen molar-refractivity contribution < 1.29 is 9.53 Å². The normalized spacial score (nSPS) is 10.6. The summed E-state index contributed by atoms with van der Waals surface area (Å²) in [6.07, 6.45) is 0.571. The minimum atomic E-state index is 0.0826. The monoisotopic (exact) mass is 261 g/mol. The first-order chi connectivity index (χ1) is 8.01. The molecule has 0 heterocycles. The fourth-order valence-corrected chi connectivity index (χ4v) is 1.38. The number of ether oxygens (including phenoxy) is 1. The number of thiocarbonyl (C=S) groups is 1. The van der Waals surface area contributed by atoms with Crippen LogP contribution in [0.4, 0.5) is 0 Å². The zero-order valence-corrected chi connectivity index (χ0v) is 11.8. The molecule has 0 spiro atoms. The van der Waals surface area contributed by atoms with E-state index in [4.69, 9.17) is 22.7 Å². The van der Waals surface area contributed by atoms with Gasteiger partial charge in [0.1, 0.15) is 0 Å². The Bertz CT molecular complexity index is 249. The van der Waals surface area contributed by atoms with E-state index < -0.39 is 0 Å². The van der Waals surface area contributed by atoms with Crippen molar-refractivity contribution in [3.63, 3.8) is 0 Å². The van der Waals surface area contributed by atoms with Crippen molar-refractivity contribution in [2.24, 2.45) is 5.73 Å². The molecule has 0 fully saturated rings. The van der Waals surface area contributed by atoms with E-state index in [1.54, 1.807) is 19.1 Å². The molecule has 0 bridgehead atoms. The van der Waals surface area contributed by atoms with Crippen LogP contribution in [0.5, 0.6) is 0 Å². The van der Waals surface area contributed by atoms with Crippen LogP contribution in [0.25, 0.3) is 0 Å². The molecule has 2 N–H and O–H groups in total. The van der Waals surface area contributed by atoms with E-state index in [1.807, 2.05) is 11.8 Å². The van der Waals surface area contributed by atoms with Crippen molar-refractivity contribution >= 4 is 23.1 Å². The molecule has 17 heavy (non-hydrogen) atoms. The van der Waals surface area contributed by atoms with Crippen molar-refractivity contribution in [1.29, 1.82) is 0 Å². The number of hydrogen-bond donors (Lipinski definition) is 1. The van der Waals surface area contributed by atoms with Crippen molar-refractivity contribution in [2.45, 2.75) is 13.3 Å². The number of rotatable bonds is 9. The van der Waals surface area contributed by atoms with E-state index in [0.29, 0.717) is 31.1 Å². The standard InChI is InChI=1S/C11H23N3O2S/c1-4-14(7-8-16-3)9-11(15)13(2)6-5-10(12)17/h4-9H2,1-3H3,(H2,12,17). The first kappa shape index (κ1) is 16.3. The van der Waals surface area contributed by atoms with Gasteiger partial charge in [0.25, 0.3) is 0 Å². The quantitative estimate of drug-likeness (QED) is 0.596. The summed E-state index contributed by atoms with van der Waals surface area (Å²) in [4.78, 5) is 16.0. The number of carbonyl (C=O) groups is 1. The maximum atomic E-state index is 11.8. The van der Waals surface area contributed by atoms with Crippen LogP contribution in [-0.2, 0) is 9.53 Å². The molecule has 100 valence electrons. The van der Waals surface area contributed by atoms with Gasteiger partial charge in [0, 0.05) is 33.7 Å². The number of nitrogens with zero attached hydrogens (tertiary/aromatic N) is 2. The van der Waals surface area contributed by atoms with Gasteiger partial charge < -0.3 is 15.4 Å². The zero-order valence-electron chi connectivity index (χ0n) is 10.9. The minimum absolute atomic E-state index is 0.0826. The highest BCUT2D eigenvalue weighted by Crippen LogP contribution is 1.94. The summed E-state index contributed by atoms with van der Waals surface area (Å²) in [5, 5.41) is 0. The fraction of sp³-hybridized carbons (Fsp3) is 0.818. The third kappa shape index (κ3) is 8.06. The fourth-order valence-electron chi connectivity index (χ4n) is 1.28. The van der Waals surface area contributed by atoms with Crippen LogP contribution in [-0.4, -0.2) is 67.6 Å². The summed E-state index contributed by atoms with van der Waals surface area (Å²) in [5.41, 5.74) is 5.40. The Hall–Kier alpha value is -0.720. The number of likely N-dealkylation sites (N-methyl/N-ethyl adjacent to an activating group) is 2. The number of amides is 1. The lowest BCUT2D eigenvalue weighted by Crippen LogP contribution is -2.40. The molecule has 0 radical (unpaired) electrons. The Balaban J connectivity index is 3.98. The highest BCUT2D eigenvalue weighted by molar-refractivity contribution is 7.80. The van der Waals surface area contributed by atoms with Crippen LogP contribution in [0, 0.1) is 0 Å². The van der Waals surface area contributed by atoms with E-state index in [0.717, 1.165) is 13.1 Å². The maximum absolute atomic E-state index is 11.8. The summed E-state index contributed by atoms with van der Waals surface area (Å²) in [7, 11) is 3.43. The predicted molar refractivity (Wildman–Crippen MR) is 73.0 cm³/mol. The second kappa shape index (κ2) is 9.32. The van der Waals surface area contributed by atoms with Crippen molar-refractivity contribution in [1.82, 2.24) is 9.80 Å². The molecule has 0 atom stereocenters. The van der Waals surface area contributed by atoms with Gasteiger partial charge >= 0.3 is 0 Å². The first-order valence-electron chi connectivity index (χ1n) is 5.74. The van der Waals surface area contributed by atoms with Gasteiger partial charge in [-0.25, -0.2) is 0 Å². The highest BCUT2D eigenvalue weighted by atomic mass is 32.1. The minimum Gasteiger partial charge on any atom is -0.393 e. The third-order valence-corrected chi connectivity index (χ3v) is 2.74. The average molecular weight is 261 g/mol. The van der Waals surface area contributed by atoms with Gasteiger partial charge in [0.05, 0.1) is 18.1 Å². The van der Waals surface area contributed by atoms with Crippen LogP contribution in [0.3, 0.4) is 0 Å². The van der Waals surface area contributed by atoms with E-state index in [9.17, 15) is 4.79 Å². The molecule has 0 aliphatic carbocycles. The maximum Gasteiger partial charge on any atom is 0.236 e. The lowest BCUT2D eigenvalue weighted by Gasteiger charge is -2.23. The molecule has 0 aliphatic rings. The van der Waals surface area contributed by atoms with Gasteiger partial charge in [0.2, 0.25) is 5.91 Å². The average Bonchev–Trinajstić information content (AvgIpc) is 2.30. The molecule has 0 saturated carbocycles. The summed E-state index contributed by atoms with van der Waals surface area (Å²) in [5.74, 6) is 0.0826. The number of nitrogens with two attached hydrogens (primary N) is 1. The summed E-state index contributed by atoms with van der Waals surface area (Å²) < 4.78 is 4.99. The third-order valence-electron chi connectivity index (χ3n) is 2.54. The van der Waals surface area contributed by atoms with Crippen LogP contribution >= 0.6 is 12.2 Å². The molecule has 6 heteroatoms. The Morgan fingerprint density at radius 3 is 2.53 bits per heavy atom. The van der Waals surface area contributed by atoms with Crippen LogP contribution in [0.15, 0.2) is 0 Å². The Morgan fingerprint density at radius 1 is 1.41 bits per heavy atom. The second-order valence-corrected chi connectivity index (χ2v) is 4.42. The largest absolute Gasteiger partial charge is 0.393 e. The van der Waals surface area contributed by atoms with Gasteiger partial charge in [-0.2, -0.15) is 0 Å². The van der Waals surface area contributed by atoms with Crippen LogP contribution in [0.1, 0.15) is 13.3 Å². The van der Waals surface area contributed by atoms with Gasteiger partial charge in [-0.1, -0.05) is 19.1 Å². The molecule has 0 rings (SSSR count). The second-order valence-electron chi connectivity index (χ2n) is 3.89. The molecule has 0 aromatic heterocycles. The first-order valence-corrected chi connectivity index (χ1v) is 6.15. The topological polar surface area (TPSA) is 58.8 Å². The van der Waals surface area contributed by atoms with E-state index in [-0.39, 0.29) is 5.91 Å². The zero-order chi connectivity index (χ0) is 13.3. The van der Waals surface area contributed by atoms with Gasteiger partial charge in [-0.05, 0) is 6.54 Å². The summed E-state index contributed by atoms with van der Waals surface area (Å²) >= 11 is 4.78. The molecular weight excluding hydrogens is 238 g/mol. The van der Waals surface area contributed by atoms with Crippen molar-refractivity contribution in [2.75, 3.05) is 46.9 Å². The summed E-state index contributed by atoms with van der Waals surface area (Å²) in [6.45, 7) is 5.25. The van der Waals surface area contributed by atoms with Crippen molar-refractivity contribution in [3.05, 3.63) is 0 Å². The molecule has 0 saturated heterocycles. The molecule has 1 amide bonds. The molecular formula is C11H23N3O2S. The van der Waals surface area contributed by atoms with E-state index in [2.05, 4.69) is 0 Å². The van der Waals surface area contributed by atoms with Gasteiger partial charge in [-0.15, -0.1) is 0 Å². The van der Waals surface area contributed by atoms with Gasteiger partial charge in [-0.3, -0.25) is 9.69 Å². The van der Waals surface area contributed by atoms with E-state index in [1.165, 1.54) is 0 Å². The highest BCUT2D eigenvalue weighted by Gasteiger charge is 2.12. The summed E-state index contributed by atoms with van der Waals surface area (Å²) in [6, 6.07) is 0. The molecule has 0 unspecified atom stereocenters. The Morgan fingerprint density at radius 2 is 2.06 bits per heavy atom. The van der Waals surface area contributed by atoms with Crippen LogP contribution < -0.4 is 5.73 Å². The van der Waals surface area contributed by atoms with Crippen molar-refractivity contribution in [3.8, 4) is 0 Å². The number of hydrogen-bond acceptors (Lipinski definition) is 4. The predicted octanol–water partition coefficient (Wildman–Crippen LogP) is 0.0893. The van der Waals surface area contributed by atoms with E-state index >= 15 is 0 Å². The lowest BCUT2D eigenvalue weighted by atomic mass is 10.3. The Labute approximate surface area is 109 Å². The van der Waals surface area contributed by atoms with Gasteiger partial charge in [0.15, 0.2) is 0 Å². The number of carbonyl (C=O) groups excluding carboxylic acids is 1. The smallest absolute Gasteiger partial charge is 0.236 e. The lowest BCUT2D eigenvalue weighted by molar-refractivity contribution is -0.131. The molecule has 5 nitrogen and oxygen atoms in total. The van der Waals surface area contributed by atoms with Crippen LogP contribution in [0.2, 0.25) is 0 Å².